The number of hydrogen-bond donors (Lipinski definition) is 1. The molecule has 4 heteroatoms. The van der Waals surface area contributed by atoms with Gasteiger partial charge in [0.1, 0.15) is 5.92 Å². The minimum Gasteiger partial charge on any atom is -0.465 e. The van der Waals surface area contributed by atoms with E-state index in [2.05, 4.69) is 0 Å². The standard InChI is InChI=1S/C12H21NO3/c1-3-16-11(15)9(10(13)14)12(2)7-5-4-6-8-12/h9H,3-8H2,1-2H3,(H2,13,14). The summed E-state index contributed by atoms with van der Waals surface area (Å²) in [5, 5.41) is 0. The summed E-state index contributed by atoms with van der Waals surface area (Å²) in [4.78, 5) is 23.2. The highest BCUT2D eigenvalue weighted by atomic mass is 16.5. The van der Waals surface area contributed by atoms with Crippen LogP contribution in [0.15, 0.2) is 0 Å². The lowest BCUT2D eigenvalue weighted by Gasteiger charge is -2.37. The van der Waals surface area contributed by atoms with Crippen molar-refractivity contribution in [3.05, 3.63) is 0 Å². The third kappa shape index (κ3) is 2.74. The van der Waals surface area contributed by atoms with Crippen molar-refractivity contribution in [2.75, 3.05) is 6.61 Å². The number of carbonyl (C=O) groups is 2. The lowest BCUT2D eigenvalue weighted by molar-refractivity contribution is -0.157. The van der Waals surface area contributed by atoms with Crippen LogP contribution in [0.1, 0.15) is 46.0 Å². The van der Waals surface area contributed by atoms with Crippen molar-refractivity contribution in [3.8, 4) is 0 Å². The van der Waals surface area contributed by atoms with Crippen molar-refractivity contribution in [2.45, 2.75) is 46.0 Å². The van der Waals surface area contributed by atoms with Crippen LogP contribution in [0.25, 0.3) is 0 Å². The SMILES string of the molecule is CCOC(=O)C(C(N)=O)C1(C)CCCCC1. The normalized spacial score (nSPS) is 21.1. The molecule has 0 spiro atoms. The number of esters is 1. The maximum atomic E-state index is 11.8. The fourth-order valence-corrected chi connectivity index (χ4v) is 2.62. The minimum absolute atomic E-state index is 0.290. The second kappa shape index (κ2) is 5.32. The molecule has 2 N–H and O–H groups in total. The van der Waals surface area contributed by atoms with Crippen LogP contribution in [0.3, 0.4) is 0 Å². The molecular weight excluding hydrogens is 206 g/mol. The van der Waals surface area contributed by atoms with E-state index in [1.165, 1.54) is 6.42 Å². The summed E-state index contributed by atoms with van der Waals surface area (Å²) in [5.41, 5.74) is 5.03. The van der Waals surface area contributed by atoms with E-state index in [0.29, 0.717) is 6.61 Å². The first-order valence-electron chi connectivity index (χ1n) is 5.97. The van der Waals surface area contributed by atoms with Gasteiger partial charge in [-0.05, 0) is 25.2 Å². The average Bonchev–Trinajstić information content (AvgIpc) is 2.17. The molecular formula is C12H21NO3. The molecule has 0 saturated heterocycles. The third-order valence-corrected chi connectivity index (χ3v) is 3.50. The van der Waals surface area contributed by atoms with Gasteiger partial charge >= 0.3 is 5.97 Å². The van der Waals surface area contributed by atoms with Crippen LogP contribution in [0.4, 0.5) is 0 Å². The number of primary amides is 1. The van der Waals surface area contributed by atoms with Gasteiger partial charge in [-0.25, -0.2) is 0 Å². The smallest absolute Gasteiger partial charge is 0.319 e. The Morgan fingerprint density at radius 3 is 2.31 bits per heavy atom. The summed E-state index contributed by atoms with van der Waals surface area (Å²) >= 11 is 0. The van der Waals surface area contributed by atoms with E-state index in [-0.39, 0.29) is 5.41 Å². The predicted octanol–water partition coefficient (Wildman–Crippen LogP) is 1.62. The van der Waals surface area contributed by atoms with Crippen LogP contribution in [-0.2, 0) is 14.3 Å². The number of ether oxygens (including phenoxy) is 1. The Bertz CT molecular complexity index is 269. The van der Waals surface area contributed by atoms with E-state index in [1.54, 1.807) is 6.92 Å². The van der Waals surface area contributed by atoms with Gasteiger partial charge in [-0.1, -0.05) is 26.2 Å². The predicted molar refractivity (Wildman–Crippen MR) is 60.5 cm³/mol. The molecule has 4 nitrogen and oxygen atoms in total. The molecule has 1 amide bonds. The number of hydrogen-bond acceptors (Lipinski definition) is 3. The summed E-state index contributed by atoms with van der Waals surface area (Å²) in [7, 11) is 0. The van der Waals surface area contributed by atoms with Crippen molar-refractivity contribution in [1.82, 2.24) is 0 Å². The Labute approximate surface area is 96.5 Å². The topological polar surface area (TPSA) is 69.4 Å². The summed E-state index contributed by atoms with van der Waals surface area (Å²) < 4.78 is 4.94. The van der Waals surface area contributed by atoms with Crippen molar-refractivity contribution >= 4 is 11.9 Å². The fourth-order valence-electron chi connectivity index (χ4n) is 2.62. The first-order chi connectivity index (χ1) is 7.51. The van der Waals surface area contributed by atoms with Crippen LogP contribution >= 0.6 is 0 Å². The van der Waals surface area contributed by atoms with Gasteiger partial charge in [0, 0.05) is 0 Å². The highest BCUT2D eigenvalue weighted by Crippen LogP contribution is 2.42. The zero-order valence-electron chi connectivity index (χ0n) is 10.1. The first kappa shape index (κ1) is 13.0. The molecule has 1 atom stereocenters. The Balaban J connectivity index is 2.83. The highest BCUT2D eigenvalue weighted by molar-refractivity contribution is 5.97. The largest absolute Gasteiger partial charge is 0.465 e. The number of nitrogens with two attached hydrogens (primary N) is 1. The van der Waals surface area contributed by atoms with E-state index in [1.807, 2.05) is 6.92 Å². The van der Waals surface area contributed by atoms with Crippen molar-refractivity contribution < 1.29 is 14.3 Å². The summed E-state index contributed by atoms with van der Waals surface area (Å²) in [5.74, 6) is -1.80. The van der Waals surface area contributed by atoms with Crippen molar-refractivity contribution in [3.63, 3.8) is 0 Å². The van der Waals surface area contributed by atoms with Crippen LogP contribution in [0.5, 0.6) is 0 Å². The van der Waals surface area contributed by atoms with E-state index in [4.69, 9.17) is 10.5 Å². The Hall–Kier alpha value is -1.06. The van der Waals surface area contributed by atoms with Gasteiger partial charge in [-0.2, -0.15) is 0 Å². The molecule has 0 aromatic carbocycles. The number of carbonyl (C=O) groups excluding carboxylic acids is 2. The van der Waals surface area contributed by atoms with E-state index in [0.717, 1.165) is 25.7 Å². The molecule has 0 aromatic heterocycles. The quantitative estimate of drug-likeness (QED) is 0.586. The molecule has 16 heavy (non-hydrogen) atoms. The third-order valence-electron chi connectivity index (χ3n) is 3.50. The van der Waals surface area contributed by atoms with Crippen LogP contribution in [0.2, 0.25) is 0 Å². The monoisotopic (exact) mass is 227 g/mol. The van der Waals surface area contributed by atoms with Gasteiger partial charge in [0.25, 0.3) is 0 Å². The zero-order valence-corrected chi connectivity index (χ0v) is 10.1. The van der Waals surface area contributed by atoms with Gasteiger partial charge in [0.05, 0.1) is 6.61 Å². The molecule has 0 radical (unpaired) electrons. The van der Waals surface area contributed by atoms with Crippen molar-refractivity contribution in [2.24, 2.45) is 17.1 Å². The van der Waals surface area contributed by atoms with E-state index >= 15 is 0 Å². The van der Waals surface area contributed by atoms with Gasteiger partial charge in [0.2, 0.25) is 5.91 Å². The summed E-state index contributed by atoms with van der Waals surface area (Å²) in [6.07, 6.45) is 5.03. The molecule has 0 bridgehead atoms. The van der Waals surface area contributed by atoms with Gasteiger partial charge in [0.15, 0.2) is 0 Å². The minimum atomic E-state index is -0.784. The summed E-state index contributed by atoms with van der Waals surface area (Å²) in [6, 6.07) is 0. The Morgan fingerprint density at radius 1 is 1.31 bits per heavy atom. The second-order valence-electron chi connectivity index (χ2n) is 4.80. The van der Waals surface area contributed by atoms with E-state index in [9.17, 15) is 9.59 Å². The molecule has 1 aliphatic carbocycles. The summed E-state index contributed by atoms with van der Waals surface area (Å²) in [6.45, 7) is 4.00. The lowest BCUT2D eigenvalue weighted by Crippen LogP contribution is -2.44. The maximum Gasteiger partial charge on any atom is 0.319 e. The Morgan fingerprint density at radius 2 is 1.88 bits per heavy atom. The molecule has 92 valence electrons. The fraction of sp³-hybridized carbons (Fsp3) is 0.833. The van der Waals surface area contributed by atoms with Crippen LogP contribution < -0.4 is 5.73 Å². The van der Waals surface area contributed by atoms with Crippen molar-refractivity contribution in [1.29, 1.82) is 0 Å². The van der Waals surface area contributed by atoms with E-state index < -0.39 is 17.8 Å². The Kier molecular flexibility index (Phi) is 4.33. The number of rotatable bonds is 4. The van der Waals surface area contributed by atoms with Gasteiger partial charge in [-0.3, -0.25) is 9.59 Å². The number of amides is 1. The molecule has 1 aliphatic rings. The van der Waals surface area contributed by atoms with Gasteiger partial charge < -0.3 is 10.5 Å². The highest BCUT2D eigenvalue weighted by Gasteiger charge is 2.44. The molecule has 1 unspecified atom stereocenters. The van der Waals surface area contributed by atoms with Crippen LogP contribution in [-0.4, -0.2) is 18.5 Å². The maximum absolute atomic E-state index is 11.8. The van der Waals surface area contributed by atoms with Gasteiger partial charge in [-0.15, -0.1) is 0 Å². The molecule has 1 rings (SSSR count). The van der Waals surface area contributed by atoms with Crippen LogP contribution in [0, 0.1) is 11.3 Å². The molecule has 0 aromatic rings. The second-order valence-corrected chi connectivity index (χ2v) is 4.80. The zero-order chi connectivity index (χ0) is 12.2. The average molecular weight is 227 g/mol. The lowest BCUT2D eigenvalue weighted by atomic mass is 9.67. The molecule has 1 fully saturated rings. The first-order valence-corrected chi connectivity index (χ1v) is 5.97. The molecule has 0 heterocycles. The molecule has 1 saturated carbocycles. The molecule has 0 aliphatic heterocycles.